The molecule has 1 fully saturated rings. The van der Waals surface area contributed by atoms with E-state index in [1.807, 2.05) is 18.2 Å². The van der Waals surface area contributed by atoms with Crippen LogP contribution < -0.4 is 10.5 Å². The molecule has 1 aliphatic rings. The fraction of sp³-hybridized carbons (Fsp3) is 0.238. The second-order valence-electron chi connectivity index (χ2n) is 7.27. The minimum Gasteiger partial charge on any atom is -0.353 e. The molecule has 30 heavy (non-hydrogen) atoms. The van der Waals surface area contributed by atoms with Crippen molar-refractivity contribution in [3.63, 3.8) is 0 Å². The minimum absolute atomic E-state index is 0.0882. The van der Waals surface area contributed by atoms with Gasteiger partial charge in [0.25, 0.3) is 5.56 Å². The molecule has 1 aliphatic heterocycles. The Kier molecular flexibility index (Phi) is 4.42. The number of aromatic nitrogens is 4. The number of nitrogens with zero attached hydrogens (tertiary/aromatic N) is 5. The molecule has 4 heterocycles. The zero-order valence-electron chi connectivity index (χ0n) is 16.1. The van der Waals surface area contributed by atoms with Gasteiger partial charge in [0.2, 0.25) is 5.91 Å². The van der Waals surface area contributed by atoms with Crippen LogP contribution in [0.1, 0.15) is 0 Å². The molecular formula is C21H19FN6O2. The molecule has 0 saturated carbocycles. The van der Waals surface area contributed by atoms with E-state index in [1.54, 1.807) is 17.2 Å². The van der Waals surface area contributed by atoms with Crippen molar-refractivity contribution < 1.29 is 9.18 Å². The fourth-order valence-electron chi connectivity index (χ4n) is 3.85. The molecule has 5 rings (SSSR count). The summed E-state index contributed by atoms with van der Waals surface area (Å²) < 4.78 is 14.8. The van der Waals surface area contributed by atoms with E-state index in [0.717, 1.165) is 5.82 Å². The van der Waals surface area contributed by atoms with E-state index < -0.39 is 5.82 Å². The summed E-state index contributed by atoms with van der Waals surface area (Å²) in [7, 11) is 0. The first kappa shape index (κ1) is 18.3. The quantitative estimate of drug-likeness (QED) is 0.560. The summed E-state index contributed by atoms with van der Waals surface area (Å²) >= 11 is 0. The monoisotopic (exact) mass is 406 g/mol. The van der Waals surface area contributed by atoms with Crippen LogP contribution in [0.25, 0.3) is 21.9 Å². The molecule has 152 valence electrons. The van der Waals surface area contributed by atoms with Crippen molar-refractivity contribution in [1.82, 2.24) is 24.4 Å². The third-order valence-electron chi connectivity index (χ3n) is 5.45. The summed E-state index contributed by atoms with van der Waals surface area (Å²) in [5.41, 5.74) is 0.954. The van der Waals surface area contributed by atoms with Gasteiger partial charge in [-0.15, -0.1) is 0 Å². The molecule has 0 radical (unpaired) electrons. The van der Waals surface area contributed by atoms with Crippen LogP contribution in [-0.4, -0.2) is 56.5 Å². The Morgan fingerprint density at radius 3 is 2.70 bits per heavy atom. The van der Waals surface area contributed by atoms with Gasteiger partial charge in [-0.3, -0.25) is 14.2 Å². The molecule has 3 aromatic heterocycles. The van der Waals surface area contributed by atoms with Gasteiger partial charge in [-0.25, -0.2) is 14.4 Å². The maximum Gasteiger partial charge on any atom is 0.278 e. The van der Waals surface area contributed by atoms with E-state index in [0.29, 0.717) is 42.6 Å². The lowest BCUT2D eigenvalue weighted by molar-refractivity contribution is -0.132. The van der Waals surface area contributed by atoms with Crippen molar-refractivity contribution >= 4 is 33.7 Å². The molecule has 0 unspecified atom stereocenters. The maximum atomic E-state index is 13.6. The average Bonchev–Trinajstić information content (AvgIpc) is 3.15. The minimum atomic E-state index is -0.394. The van der Waals surface area contributed by atoms with Gasteiger partial charge in [0.1, 0.15) is 29.2 Å². The highest BCUT2D eigenvalue weighted by molar-refractivity contribution is 6.04. The van der Waals surface area contributed by atoms with E-state index >= 15 is 0 Å². The summed E-state index contributed by atoms with van der Waals surface area (Å²) in [6, 6.07) is 10.00. The van der Waals surface area contributed by atoms with E-state index in [-0.39, 0.29) is 23.5 Å². The van der Waals surface area contributed by atoms with Gasteiger partial charge >= 0.3 is 0 Å². The van der Waals surface area contributed by atoms with Gasteiger partial charge < -0.3 is 14.8 Å². The number of aromatic amines is 1. The molecule has 1 aromatic carbocycles. The summed E-state index contributed by atoms with van der Waals surface area (Å²) in [4.78, 5) is 41.1. The van der Waals surface area contributed by atoms with Crippen molar-refractivity contribution in [2.75, 3.05) is 31.1 Å². The fourth-order valence-corrected chi connectivity index (χ4v) is 3.85. The molecule has 1 N–H and O–H groups in total. The number of anilines is 1. The highest BCUT2D eigenvalue weighted by Crippen LogP contribution is 2.22. The van der Waals surface area contributed by atoms with Crippen LogP contribution in [0.4, 0.5) is 10.2 Å². The van der Waals surface area contributed by atoms with E-state index in [2.05, 4.69) is 19.9 Å². The molecule has 9 heteroatoms. The van der Waals surface area contributed by atoms with Crippen molar-refractivity contribution in [2.45, 2.75) is 6.54 Å². The number of pyridine rings is 1. The van der Waals surface area contributed by atoms with Crippen LogP contribution in [0.15, 0.2) is 53.7 Å². The summed E-state index contributed by atoms with van der Waals surface area (Å²) in [5, 5.41) is 0.547. The first-order valence-corrected chi connectivity index (χ1v) is 9.70. The van der Waals surface area contributed by atoms with Crippen molar-refractivity contribution in [2.24, 2.45) is 0 Å². The van der Waals surface area contributed by atoms with Gasteiger partial charge in [-0.2, -0.15) is 0 Å². The molecule has 0 atom stereocenters. The largest absolute Gasteiger partial charge is 0.353 e. The number of hydrogen-bond acceptors (Lipinski definition) is 5. The van der Waals surface area contributed by atoms with Crippen LogP contribution in [0, 0.1) is 5.82 Å². The van der Waals surface area contributed by atoms with Crippen LogP contribution in [0.2, 0.25) is 0 Å². The third-order valence-corrected chi connectivity index (χ3v) is 5.45. The highest BCUT2D eigenvalue weighted by atomic mass is 19.1. The Bertz CT molecular complexity index is 1290. The smallest absolute Gasteiger partial charge is 0.278 e. The number of nitrogens with one attached hydrogen (secondary N) is 1. The third kappa shape index (κ3) is 3.18. The van der Waals surface area contributed by atoms with Crippen LogP contribution in [0.5, 0.6) is 0 Å². The molecule has 8 nitrogen and oxygen atoms in total. The lowest BCUT2D eigenvalue weighted by atomic mass is 10.2. The number of fused-ring (bicyclic) bond motifs is 3. The first-order chi connectivity index (χ1) is 14.6. The molecule has 0 aliphatic carbocycles. The summed E-state index contributed by atoms with van der Waals surface area (Å²) in [6.07, 6.45) is 3.10. The number of amides is 1. The van der Waals surface area contributed by atoms with Crippen LogP contribution >= 0.6 is 0 Å². The normalized spacial score (nSPS) is 14.6. The van der Waals surface area contributed by atoms with Gasteiger partial charge in [-0.05, 0) is 30.3 Å². The molecule has 0 bridgehead atoms. The summed E-state index contributed by atoms with van der Waals surface area (Å²) in [6.45, 7) is 2.40. The predicted molar refractivity (Wildman–Crippen MR) is 111 cm³/mol. The number of benzene rings is 1. The molecule has 1 amide bonds. The second kappa shape index (κ2) is 7.25. The van der Waals surface area contributed by atoms with Gasteiger partial charge in [0.05, 0.1) is 6.33 Å². The van der Waals surface area contributed by atoms with Gasteiger partial charge in [0.15, 0.2) is 0 Å². The SMILES string of the molecule is O=C(Cn1cnc2c([nH]c3ccc(F)cc32)c1=O)N1CCN(c2ccccn2)CC1. The Morgan fingerprint density at radius 1 is 1.10 bits per heavy atom. The van der Waals surface area contributed by atoms with E-state index in [1.165, 1.54) is 23.0 Å². The number of H-pyrrole nitrogens is 1. The Labute approximate surface area is 170 Å². The molecule has 0 spiro atoms. The standard InChI is InChI=1S/C21H19FN6O2/c22-14-4-5-16-15(11-14)19-20(25-16)21(30)28(13-24-19)12-18(29)27-9-7-26(8-10-27)17-3-1-2-6-23-17/h1-6,11,13,25H,7-10,12H2. The zero-order valence-corrected chi connectivity index (χ0v) is 16.1. The number of carbonyl (C=O) groups is 1. The number of piperazine rings is 1. The van der Waals surface area contributed by atoms with Gasteiger partial charge in [-0.1, -0.05) is 6.07 Å². The Balaban J connectivity index is 1.33. The van der Waals surface area contributed by atoms with E-state index in [9.17, 15) is 14.0 Å². The lowest BCUT2D eigenvalue weighted by Gasteiger charge is -2.35. The molecule has 1 saturated heterocycles. The van der Waals surface area contributed by atoms with Crippen LogP contribution in [0.3, 0.4) is 0 Å². The zero-order chi connectivity index (χ0) is 20.7. The predicted octanol–water partition coefficient (Wildman–Crippen LogP) is 1.76. The highest BCUT2D eigenvalue weighted by Gasteiger charge is 2.22. The summed E-state index contributed by atoms with van der Waals surface area (Å²) in [5.74, 6) is 0.362. The van der Waals surface area contributed by atoms with E-state index in [4.69, 9.17) is 0 Å². The van der Waals surface area contributed by atoms with Crippen molar-refractivity contribution in [1.29, 1.82) is 0 Å². The number of hydrogen-bond donors (Lipinski definition) is 1. The average molecular weight is 406 g/mol. The van der Waals surface area contributed by atoms with Crippen molar-refractivity contribution in [3.05, 3.63) is 65.1 Å². The first-order valence-electron chi connectivity index (χ1n) is 9.70. The second-order valence-corrected chi connectivity index (χ2v) is 7.27. The molecule has 4 aromatic rings. The lowest BCUT2D eigenvalue weighted by Crippen LogP contribution is -2.50. The number of carbonyl (C=O) groups excluding carboxylic acids is 1. The van der Waals surface area contributed by atoms with Gasteiger partial charge in [0, 0.05) is 43.3 Å². The maximum absolute atomic E-state index is 13.6. The van der Waals surface area contributed by atoms with Crippen molar-refractivity contribution in [3.8, 4) is 0 Å². The Hall–Kier alpha value is -3.75. The number of rotatable bonds is 3. The van der Waals surface area contributed by atoms with Crippen LogP contribution in [-0.2, 0) is 11.3 Å². The molecular weight excluding hydrogens is 387 g/mol. The number of halogens is 1. The topological polar surface area (TPSA) is 87.1 Å². The Morgan fingerprint density at radius 2 is 1.93 bits per heavy atom.